The average molecular weight is 267 g/mol. The Morgan fingerprint density at radius 2 is 2.11 bits per heavy atom. The predicted octanol–water partition coefficient (Wildman–Crippen LogP) is 2.98. The van der Waals surface area contributed by atoms with E-state index < -0.39 is 6.04 Å². The minimum atomic E-state index is -0.539. The molecule has 1 rings (SSSR count). The number of hydrogen-bond acceptors (Lipinski definition) is 3. The largest absolute Gasteiger partial charge is 0.465 e. The van der Waals surface area contributed by atoms with Crippen molar-refractivity contribution >= 4 is 5.97 Å². The second kappa shape index (κ2) is 7.24. The van der Waals surface area contributed by atoms with Crippen molar-refractivity contribution in [3.63, 3.8) is 0 Å². The van der Waals surface area contributed by atoms with E-state index in [0.717, 1.165) is 11.1 Å². The molecule has 0 spiro atoms. The van der Waals surface area contributed by atoms with Gasteiger partial charge in [-0.1, -0.05) is 19.9 Å². The van der Waals surface area contributed by atoms with Crippen LogP contribution in [0.4, 0.5) is 4.39 Å². The van der Waals surface area contributed by atoms with Gasteiger partial charge in [-0.3, -0.25) is 0 Å². The highest BCUT2D eigenvalue weighted by Gasteiger charge is 2.23. The lowest BCUT2D eigenvalue weighted by Gasteiger charge is -2.20. The molecule has 0 radical (unpaired) electrons. The van der Waals surface area contributed by atoms with Crippen molar-refractivity contribution in [2.45, 2.75) is 33.7 Å². The first-order chi connectivity index (χ1) is 8.95. The lowest BCUT2D eigenvalue weighted by molar-refractivity contribution is -0.145. The van der Waals surface area contributed by atoms with Crippen molar-refractivity contribution in [1.29, 1.82) is 0 Å². The topological polar surface area (TPSA) is 38.3 Å². The molecule has 0 bridgehead atoms. The molecule has 0 amide bonds. The van der Waals surface area contributed by atoms with Crippen LogP contribution in [0.5, 0.6) is 0 Å². The van der Waals surface area contributed by atoms with Gasteiger partial charge >= 0.3 is 5.97 Å². The van der Waals surface area contributed by atoms with Gasteiger partial charge in [0.15, 0.2) is 0 Å². The molecule has 0 aromatic heterocycles. The summed E-state index contributed by atoms with van der Waals surface area (Å²) in [5.41, 5.74) is 1.51. The lowest BCUT2D eigenvalue weighted by Crippen LogP contribution is -2.33. The highest BCUT2D eigenvalue weighted by Crippen LogP contribution is 2.20. The minimum absolute atomic E-state index is 0.298. The first-order valence-corrected chi connectivity index (χ1v) is 6.61. The van der Waals surface area contributed by atoms with E-state index >= 15 is 0 Å². The zero-order chi connectivity index (χ0) is 14.4. The summed E-state index contributed by atoms with van der Waals surface area (Å²) >= 11 is 0. The Morgan fingerprint density at radius 3 is 2.63 bits per heavy atom. The molecule has 1 unspecified atom stereocenters. The van der Waals surface area contributed by atoms with Crippen LogP contribution in [-0.4, -0.2) is 19.1 Å². The van der Waals surface area contributed by atoms with E-state index in [-0.39, 0.29) is 11.8 Å². The Kier molecular flexibility index (Phi) is 5.96. The van der Waals surface area contributed by atoms with Gasteiger partial charge in [0.2, 0.25) is 0 Å². The Bertz CT molecular complexity index is 432. The molecule has 0 fully saturated rings. The number of carbonyl (C=O) groups is 1. The maximum absolute atomic E-state index is 13.1. The summed E-state index contributed by atoms with van der Waals surface area (Å²) in [5, 5.41) is 3.18. The molecule has 19 heavy (non-hydrogen) atoms. The molecule has 1 atom stereocenters. The highest BCUT2D eigenvalue weighted by atomic mass is 19.1. The van der Waals surface area contributed by atoms with Crippen LogP contribution in [0.25, 0.3) is 0 Å². The average Bonchev–Trinajstić information content (AvgIpc) is 2.31. The Labute approximate surface area is 114 Å². The molecule has 0 saturated carbocycles. The zero-order valence-corrected chi connectivity index (χ0v) is 12.0. The lowest BCUT2D eigenvalue weighted by atomic mass is 10.0. The molecule has 0 heterocycles. The number of hydrogen-bond donors (Lipinski definition) is 1. The molecule has 1 aromatic carbocycles. The summed E-state index contributed by atoms with van der Waals surface area (Å²) in [7, 11) is 0. The molecule has 106 valence electrons. The van der Waals surface area contributed by atoms with Crippen LogP contribution in [0.2, 0.25) is 0 Å². The molecule has 4 heteroatoms. The molecule has 3 nitrogen and oxygen atoms in total. The number of aryl methyl sites for hydroxylation is 1. The maximum Gasteiger partial charge on any atom is 0.327 e. The van der Waals surface area contributed by atoms with Gasteiger partial charge in [-0.25, -0.2) is 9.18 Å². The molecule has 0 aliphatic heterocycles. The summed E-state index contributed by atoms with van der Waals surface area (Å²) in [6, 6.07) is 3.90. The monoisotopic (exact) mass is 267 g/mol. The predicted molar refractivity (Wildman–Crippen MR) is 73.4 cm³/mol. The maximum atomic E-state index is 13.1. The molecule has 0 saturated heterocycles. The fourth-order valence-electron chi connectivity index (χ4n) is 1.86. The van der Waals surface area contributed by atoms with Gasteiger partial charge in [-0.05, 0) is 49.6 Å². The highest BCUT2D eigenvalue weighted by molar-refractivity contribution is 5.78. The smallest absolute Gasteiger partial charge is 0.327 e. The summed E-state index contributed by atoms with van der Waals surface area (Å²) in [4.78, 5) is 12.0. The third-order valence-corrected chi connectivity index (χ3v) is 2.80. The van der Waals surface area contributed by atoms with E-state index in [1.807, 2.05) is 0 Å². The van der Waals surface area contributed by atoms with Crippen LogP contribution in [0, 0.1) is 18.7 Å². The van der Waals surface area contributed by atoms with Gasteiger partial charge in [0.25, 0.3) is 0 Å². The Balaban J connectivity index is 2.97. The number of ether oxygens (including phenoxy) is 1. The number of carbonyl (C=O) groups excluding carboxylic acids is 1. The summed E-state index contributed by atoms with van der Waals surface area (Å²) in [5.74, 6) is -0.205. The van der Waals surface area contributed by atoms with Gasteiger partial charge in [-0.2, -0.15) is 0 Å². The number of rotatable bonds is 6. The molecule has 0 aliphatic rings. The summed E-state index contributed by atoms with van der Waals surface area (Å²) in [6.45, 7) is 8.72. The minimum Gasteiger partial charge on any atom is -0.465 e. The van der Waals surface area contributed by atoms with Gasteiger partial charge in [0, 0.05) is 0 Å². The third-order valence-electron chi connectivity index (χ3n) is 2.80. The van der Waals surface area contributed by atoms with Crippen molar-refractivity contribution in [2.75, 3.05) is 13.2 Å². The van der Waals surface area contributed by atoms with Crippen LogP contribution in [0.15, 0.2) is 18.2 Å². The quantitative estimate of drug-likeness (QED) is 0.805. The van der Waals surface area contributed by atoms with E-state index in [9.17, 15) is 9.18 Å². The summed E-state index contributed by atoms with van der Waals surface area (Å²) < 4.78 is 18.2. The Morgan fingerprint density at radius 1 is 1.42 bits per heavy atom. The van der Waals surface area contributed by atoms with Crippen LogP contribution in [0.1, 0.15) is 37.9 Å². The number of halogens is 1. The van der Waals surface area contributed by atoms with Gasteiger partial charge in [-0.15, -0.1) is 0 Å². The van der Waals surface area contributed by atoms with Crippen molar-refractivity contribution in [2.24, 2.45) is 5.92 Å². The molecule has 1 aromatic rings. The fraction of sp³-hybridized carbons (Fsp3) is 0.533. The van der Waals surface area contributed by atoms with E-state index in [1.54, 1.807) is 19.9 Å². The van der Waals surface area contributed by atoms with E-state index in [4.69, 9.17) is 4.74 Å². The first kappa shape index (κ1) is 15.6. The van der Waals surface area contributed by atoms with Gasteiger partial charge in [0.1, 0.15) is 11.9 Å². The van der Waals surface area contributed by atoms with Crippen LogP contribution >= 0.6 is 0 Å². The normalized spacial score (nSPS) is 12.5. The van der Waals surface area contributed by atoms with Crippen LogP contribution < -0.4 is 5.32 Å². The fourth-order valence-corrected chi connectivity index (χ4v) is 1.86. The van der Waals surface area contributed by atoms with Crippen molar-refractivity contribution in [3.8, 4) is 0 Å². The molecular formula is C15H22FNO2. The SMILES string of the molecule is CCOC(=O)C(NCC(C)C)c1ccc(F)cc1C. The van der Waals surface area contributed by atoms with Gasteiger partial charge in [0.05, 0.1) is 6.61 Å². The van der Waals surface area contributed by atoms with E-state index in [1.165, 1.54) is 12.1 Å². The van der Waals surface area contributed by atoms with Crippen LogP contribution in [0.3, 0.4) is 0 Å². The molecule has 0 aliphatic carbocycles. The number of nitrogens with one attached hydrogen (secondary N) is 1. The first-order valence-electron chi connectivity index (χ1n) is 6.61. The molecule has 1 N–H and O–H groups in total. The second-order valence-corrected chi connectivity index (χ2v) is 4.99. The standard InChI is InChI=1S/C15H22FNO2/c1-5-19-15(18)14(17-9-10(2)3)13-7-6-12(16)8-11(13)4/h6-8,10,14,17H,5,9H2,1-4H3. The molecular weight excluding hydrogens is 245 g/mol. The van der Waals surface area contributed by atoms with E-state index in [2.05, 4.69) is 19.2 Å². The number of benzene rings is 1. The Hall–Kier alpha value is -1.42. The van der Waals surface area contributed by atoms with Crippen LogP contribution in [-0.2, 0) is 9.53 Å². The number of esters is 1. The third kappa shape index (κ3) is 4.63. The zero-order valence-electron chi connectivity index (χ0n) is 12.0. The van der Waals surface area contributed by atoms with Crippen molar-refractivity contribution in [3.05, 3.63) is 35.1 Å². The summed E-state index contributed by atoms with van der Waals surface area (Å²) in [6.07, 6.45) is 0. The van der Waals surface area contributed by atoms with Crippen molar-refractivity contribution < 1.29 is 13.9 Å². The van der Waals surface area contributed by atoms with Crippen molar-refractivity contribution in [1.82, 2.24) is 5.32 Å². The van der Waals surface area contributed by atoms with E-state index in [0.29, 0.717) is 19.1 Å². The van der Waals surface area contributed by atoms with Gasteiger partial charge < -0.3 is 10.1 Å². The second-order valence-electron chi connectivity index (χ2n) is 4.99.